The summed E-state index contributed by atoms with van der Waals surface area (Å²) in [7, 11) is 1.32. The zero-order valence-corrected chi connectivity index (χ0v) is 12.6. The monoisotopic (exact) mass is 363 g/mol. The first-order valence-electron chi connectivity index (χ1n) is 5.37. The molecule has 3 nitrogen and oxygen atoms in total. The molecule has 0 aliphatic carbocycles. The van der Waals surface area contributed by atoms with Crippen molar-refractivity contribution in [2.75, 3.05) is 12.8 Å². The minimum atomic E-state index is -0.641. The van der Waals surface area contributed by atoms with E-state index >= 15 is 0 Å². The Bertz CT molecular complexity index is 667. The number of methoxy groups -OCH3 is 1. The van der Waals surface area contributed by atoms with Gasteiger partial charge in [0.15, 0.2) is 17.3 Å². The molecule has 0 aliphatic heterocycles. The van der Waals surface area contributed by atoms with Crippen LogP contribution in [0.15, 0.2) is 28.7 Å². The maximum atomic E-state index is 13.4. The number of hydrogen-bond donors (Lipinski definition) is 1. The molecular weight excluding hydrogens is 356 g/mol. The van der Waals surface area contributed by atoms with Crippen LogP contribution in [0.3, 0.4) is 0 Å². The van der Waals surface area contributed by atoms with Gasteiger partial charge in [0.2, 0.25) is 0 Å². The van der Waals surface area contributed by atoms with Gasteiger partial charge in [-0.3, -0.25) is 0 Å². The maximum absolute atomic E-state index is 13.4. The van der Waals surface area contributed by atoms with Crippen molar-refractivity contribution in [2.24, 2.45) is 0 Å². The van der Waals surface area contributed by atoms with Crippen LogP contribution >= 0.6 is 27.5 Å². The van der Waals surface area contributed by atoms with Crippen molar-refractivity contribution in [3.05, 3.63) is 45.4 Å². The Morgan fingerprint density at radius 2 is 1.75 bits per heavy atom. The molecule has 2 aromatic carbocycles. The van der Waals surface area contributed by atoms with Crippen LogP contribution in [0.2, 0.25) is 5.02 Å². The summed E-state index contributed by atoms with van der Waals surface area (Å²) < 4.78 is 37.6. The second-order valence-electron chi connectivity index (χ2n) is 3.82. The summed E-state index contributed by atoms with van der Waals surface area (Å²) in [4.78, 5) is 0. The number of anilines is 1. The molecule has 0 aromatic heterocycles. The molecule has 0 spiro atoms. The molecule has 2 aromatic rings. The fourth-order valence-corrected chi connectivity index (χ4v) is 2.22. The second-order valence-corrected chi connectivity index (χ2v) is 5.08. The first-order chi connectivity index (χ1) is 9.42. The lowest BCUT2D eigenvalue weighted by atomic mass is 10.2. The Hall–Kier alpha value is -1.53. The molecule has 0 atom stereocenters. The highest BCUT2D eigenvalue weighted by atomic mass is 79.9. The van der Waals surface area contributed by atoms with Gasteiger partial charge in [-0.1, -0.05) is 11.6 Å². The third-order valence-electron chi connectivity index (χ3n) is 2.48. The average molecular weight is 365 g/mol. The third kappa shape index (κ3) is 2.96. The summed E-state index contributed by atoms with van der Waals surface area (Å²) in [5.74, 6) is -0.978. The Kier molecular flexibility index (Phi) is 4.35. The summed E-state index contributed by atoms with van der Waals surface area (Å²) in [6, 6.07) is 4.79. The number of nitrogen functional groups attached to an aromatic ring is 1. The molecule has 0 radical (unpaired) electrons. The van der Waals surface area contributed by atoms with Crippen molar-refractivity contribution >= 4 is 33.2 Å². The van der Waals surface area contributed by atoms with E-state index in [1.54, 1.807) is 0 Å². The molecule has 20 heavy (non-hydrogen) atoms. The highest BCUT2D eigenvalue weighted by Gasteiger charge is 2.13. The molecule has 0 amide bonds. The lowest BCUT2D eigenvalue weighted by Crippen LogP contribution is -1.97. The standard InChI is InChI=1S/C13H9BrClF2NO2/c1-19-12-5-13(10(18)3-9(12)17)20-11-4-8(16)7(15)2-6(11)14/h2-5H,18H2,1H3. The van der Waals surface area contributed by atoms with Gasteiger partial charge in [0.25, 0.3) is 0 Å². The lowest BCUT2D eigenvalue weighted by Gasteiger charge is -2.12. The quantitative estimate of drug-likeness (QED) is 0.630. The highest BCUT2D eigenvalue weighted by molar-refractivity contribution is 9.10. The van der Waals surface area contributed by atoms with E-state index in [9.17, 15) is 8.78 Å². The fourth-order valence-electron chi connectivity index (χ4n) is 1.50. The Morgan fingerprint density at radius 1 is 1.05 bits per heavy atom. The van der Waals surface area contributed by atoms with Gasteiger partial charge in [0.1, 0.15) is 11.6 Å². The van der Waals surface area contributed by atoms with E-state index in [1.807, 2.05) is 0 Å². The van der Waals surface area contributed by atoms with Crippen LogP contribution in [0.5, 0.6) is 17.2 Å². The summed E-state index contributed by atoms with van der Waals surface area (Å²) in [5, 5.41) is -0.0473. The van der Waals surface area contributed by atoms with Crippen molar-refractivity contribution < 1.29 is 18.3 Å². The predicted octanol–water partition coefficient (Wildman–Crippen LogP) is 4.76. The SMILES string of the molecule is COc1cc(Oc2cc(F)c(Cl)cc2Br)c(N)cc1F. The van der Waals surface area contributed by atoms with Crippen LogP contribution in [0.25, 0.3) is 0 Å². The molecule has 0 saturated heterocycles. The Balaban J connectivity index is 2.42. The fraction of sp³-hybridized carbons (Fsp3) is 0.0769. The number of rotatable bonds is 3. The predicted molar refractivity (Wildman–Crippen MR) is 76.5 cm³/mol. The van der Waals surface area contributed by atoms with Crippen LogP contribution in [0, 0.1) is 11.6 Å². The van der Waals surface area contributed by atoms with Gasteiger partial charge in [-0.2, -0.15) is 0 Å². The number of nitrogens with two attached hydrogens (primary N) is 1. The molecule has 7 heteroatoms. The summed E-state index contributed by atoms with van der Waals surface area (Å²) in [5.41, 5.74) is 5.72. The highest BCUT2D eigenvalue weighted by Crippen LogP contribution is 2.38. The third-order valence-corrected chi connectivity index (χ3v) is 3.39. The largest absolute Gasteiger partial charge is 0.494 e. The lowest BCUT2D eigenvalue weighted by molar-refractivity contribution is 0.381. The van der Waals surface area contributed by atoms with Crippen LogP contribution < -0.4 is 15.2 Å². The zero-order valence-electron chi connectivity index (χ0n) is 10.2. The van der Waals surface area contributed by atoms with Crippen LogP contribution in [-0.2, 0) is 0 Å². The van der Waals surface area contributed by atoms with Gasteiger partial charge in [0, 0.05) is 18.2 Å². The first kappa shape index (κ1) is 14.9. The normalized spacial score (nSPS) is 10.4. The van der Waals surface area contributed by atoms with Gasteiger partial charge in [-0.25, -0.2) is 8.78 Å². The topological polar surface area (TPSA) is 44.5 Å². The molecular formula is C13H9BrClF2NO2. The number of benzene rings is 2. The van der Waals surface area contributed by atoms with E-state index < -0.39 is 11.6 Å². The first-order valence-corrected chi connectivity index (χ1v) is 6.55. The van der Waals surface area contributed by atoms with Crippen molar-refractivity contribution in [3.8, 4) is 17.2 Å². The van der Waals surface area contributed by atoms with Gasteiger partial charge < -0.3 is 15.2 Å². The number of hydrogen-bond acceptors (Lipinski definition) is 3. The summed E-state index contributed by atoms with van der Waals surface area (Å²) in [6.07, 6.45) is 0. The van der Waals surface area contributed by atoms with E-state index in [4.69, 9.17) is 26.8 Å². The number of ether oxygens (including phenoxy) is 2. The maximum Gasteiger partial charge on any atom is 0.167 e. The van der Waals surface area contributed by atoms with Crippen LogP contribution in [-0.4, -0.2) is 7.11 Å². The van der Waals surface area contributed by atoms with E-state index in [-0.39, 0.29) is 28.0 Å². The molecule has 2 N–H and O–H groups in total. The smallest absolute Gasteiger partial charge is 0.167 e. The van der Waals surface area contributed by atoms with Crippen LogP contribution in [0.4, 0.5) is 14.5 Å². The summed E-state index contributed by atoms with van der Waals surface area (Å²) >= 11 is 8.82. The molecule has 0 aliphatic rings. The molecule has 0 fully saturated rings. The second kappa shape index (κ2) is 5.85. The minimum Gasteiger partial charge on any atom is -0.494 e. The minimum absolute atomic E-state index is 0.0280. The van der Waals surface area contributed by atoms with Gasteiger partial charge in [-0.15, -0.1) is 0 Å². The Labute approximate surface area is 127 Å². The average Bonchev–Trinajstić information content (AvgIpc) is 2.38. The summed E-state index contributed by atoms with van der Waals surface area (Å²) in [6.45, 7) is 0. The van der Waals surface area contributed by atoms with Crippen LogP contribution in [0.1, 0.15) is 0 Å². The van der Waals surface area contributed by atoms with E-state index in [1.165, 1.54) is 19.2 Å². The molecule has 0 heterocycles. The molecule has 2 rings (SSSR count). The zero-order chi connectivity index (χ0) is 14.9. The van der Waals surface area contributed by atoms with E-state index in [0.29, 0.717) is 4.47 Å². The van der Waals surface area contributed by atoms with Crippen molar-refractivity contribution in [3.63, 3.8) is 0 Å². The van der Waals surface area contributed by atoms with Gasteiger partial charge in [0.05, 0.1) is 22.3 Å². The molecule has 0 unspecified atom stereocenters. The van der Waals surface area contributed by atoms with Gasteiger partial charge in [-0.05, 0) is 22.0 Å². The van der Waals surface area contributed by atoms with Crippen molar-refractivity contribution in [2.45, 2.75) is 0 Å². The van der Waals surface area contributed by atoms with E-state index in [0.717, 1.165) is 12.1 Å². The van der Waals surface area contributed by atoms with E-state index in [2.05, 4.69) is 15.9 Å². The number of halogens is 4. The molecule has 0 saturated carbocycles. The molecule has 0 bridgehead atoms. The van der Waals surface area contributed by atoms with Gasteiger partial charge >= 0.3 is 0 Å². The van der Waals surface area contributed by atoms with Crippen molar-refractivity contribution in [1.82, 2.24) is 0 Å². The molecule has 106 valence electrons. The Morgan fingerprint density at radius 3 is 2.40 bits per heavy atom. The van der Waals surface area contributed by atoms with Crippen molar-refractivity contribution in [1.29, 1.82) is 0 Å².